The van der Waals surface area contributed by atoms with Crippen LogP contribution < -0.4 is 4.74 Å². The Morgan fingerprint density at radius 3 is 1.18 bits per heavy atom. The number of aromatic nitrogens is 1. The summed E-state index contributed by atoms with van der Waals surface area (Å²) in [7, 11) is -7.79. The van der Waals surface area contributed by atoms with Gasteiger partial charge in [-0.25, -0.2) is 0 Å². The third-order valence-corrected chi connectivity index (χ3v) is 16.1. The zero-order valence-corrected chi connectivity index (χ0v) is 49.3. The second-order valence-corrected chi connectivity index (χ2v) is 24.0. The Balaban J connectivity index is 0.000000532. The highest BCUT2D eigenvalue weighted by molar-refractivity contribution is 7.87. The largest absolute Gasteiger partial charge is 0.484 e. The monoisotopic (exact) mass is 1100 g/mol. The fraction of sp³-hybridized carbons (Fsp3) is 0.710. The van der Waals surface area contributed by atoms with Crippen LogP contribution in [-0.4, -0.2) is 78.8 Å². The van der Waals surface area contributed by atoms with E-state index in [1.54, 1.807) is 30.3 Å². The van der Waals surface area contributed by atoms with Crippen molar-refractivity contribution in [2.75, 3.05) is 39.6 Å². The Morgan fingerprint density at radius 1 is 0.474 bits per heavy atom. The van der Waals surface area contributed by atoms with Gasteiger partial charge in [-0.3, -0.25) is 13.4 Å². The number of unbranched alkanes of at least 4 members (excludes halogenated alkanes) is 30. The molecule has 2 atom stereocenters. The van der Waals surface area contributed by atoms with Crippen LogP contribution in [0.3, 0.4) is 0 Å². The molecule has 12 nitrogen and oxygen atoms in total. The van der Waals surface area contributed by atoms with Crippen molar-refractivity contribution in [3.05, 3.63) is 83.7 Å². The van der Waals surface area contributed by atoms with E-state index in [1.165, 1.54) is 216 Å². The van der Waals surface area contributed by atoms with Gasteiger partial charge in [-0.1, -0.05) is 242 Å². The number of ether oxygens (including phenoxy) is 3. The lowest BCUT2D eigenvalue weighted by atomic mass is 10.0. The van der Waals surface area contributed by atoms with Crippen molar-refractivity contribution in [2.45, 2.75) is 255 Å². The lowest BCUT2D eigenvalue weighted by Gasteiger charge is -2.19. The number of hydrogen-bond acceptors (Lipinski definition) is 12. The van der Waals surface area contributed by atoms with Crippen LogP contribution in [0.2, 0.25) is 0 Å². The summed E-state index contributed by atoms with van der Waals surface area (Å²) in [6.45, 7) is 9.21. The summed E-state index contributed by atoms with van der Waals surface area (Å²) in [5, 5.41) is 19.1. The summed E-state index contributed by atoms with van der Waals surface area (Å²) >= 11 is 0. The van der Waals surface area contributed by atoms with E-state index in [-0.39, 0.29) is 36.2 Å². The van der Waals surface area contributed by atoms with E-state index in [1.807, 2.05) is 19.9 Å². The highest BCUT2D eigenvalue weighted by atomic mass is 32.2. The van der Waals surface area contributed by atoms with Gasteiger partial charge in [-0.15, -0.1) is 0 Å². The first-order valence-electron chi connectivity index (χ1n) is 29.7. The SMILES string of the molecule is CCCCCCCCCCCCCCCCCCOC[C@H](COS(=O)(=O)c1ccc(C)cc1)Oc1cncc(C#N)c1.CCCCCCCCCCCCCCCCCCOC[C@H](O)COS(=O)(=O)c1ccc(C)cc1. The molecule has 432 valence electrons. The van der Waals surface area contributed by atoms with E-state index in [2.05, 4.69) is 18.8 Å². The second-order valence-electron chi connectivity index (χ2n) is 20.8. The number of benzene rings is 2. The van der Waals surface area contributed by atoms with Gasteiger partial charge in [0.2, 0.25) is 0 Å². The Bertz CT molecular complexity index is 2100. The van der Waals surface area contributed by atoms with E-state index in [0.717, 1.165) is 36.8 Å². The molecule has 76 heavy (non-hydrogen) atoms. The zero-order valence-electron chi connectivity index (χ0n) is 47.7. The molecule has 0 saturated heterocycles. The van der Waals surface area contributed by atoms with Crippen molar-refractivity contribution in [1.29, 1.82) is 5.26 Å². The van der Waals surface area contributed by atoms with E-state index < -0.39 is 32.4 Å². The molecule has 0 spiro atoms. The summed E-state index contributed by atoms with van der Waals surface area (Å²) in [6.07, 6.45) is 43.6. The van der Waals surface area contributed by atoms with Gasteiger partial charge >= 0.3 is 0 Å². The molecule has 0 bridgehead atoms. The highest BCUT2D eigenvalue weighted by Crippen LogP contribution is 2.20. The predicted molar refractivity (Wildman–Crippen MR) is 309 cm³/mol. The van der Waals surface area contributed by atoms with Crippen LogP contribution in [0.5, 0.6) is 5.75 Å². The molecule has 0 amide bonds. The molecular formula is C62H102N2O10S2. The lowest BCUT2D eigenvalue weighted by Crippen LogP contribution is -2.30. The molecule has 1 N–H and O–H groups in total. The van der Waals surface area contributed by atoms with Crippen molar-refractivity contribution < 1.29 is 44.5 Å². The number of pyridine rings is 1. The molecule has 0 unspecified atom stereocenters. The van der Waals surface area contributed by atoms with Gasteiger partial charge in [0, 0.05) is 25.5 Å². The molecule has 0 fully saturated rings. The molecule has 0 radical (unpaired) electrons. The molecule has 3 aromatic rings. The van der Waals surface area contributed by atoms with E-state index in [4.69, 9.17) is 27.8 Å². The maximum atomic E-state index is 12.7. The summed E-state index contributed by atoms with van der Waals surface area (Å²) in [5.41, 5.74) is 2.29. The molecule has 14 heteroatoms. The Labute approximate surface area is 463 Å². The van der Waals surface area contributed by atoms with Gasteiger partial charge in [0.05, 0.1) is 41.4 Å². The van der Waals surface area contributed by atoms with Crippen molar-refractivity contribution in [3.8, 4) is 11.8 Å². The summed E-state index contributed by atoms with van der Waals surface area (Å²) < 4.78 is 77.1. The molecule has 0 saturated carbocycles. The van der Waals surface area contributed by atoms with E-state index in [9.17, 15) is 21.9 Å². The molecule has 1 aromatic heterocycles. The van der Waals surface area contributed by atoms with Gasteiger partial charge in [-0.05, 0) is 51.0 Å². The third-order valence-electron chi connectivity index (χ3n) is 13.5. The van der Waals surface area contributed by atoms with Gasteiger partial charge in [-0.2, -0.15) is 22.1 Å². The first-order chi connectivity index (χ1) is 36.9. The van der Waals surface area contributed by atoms with Crippen LogP contribution in [0, 0.1) is 25.2 Å². The van der Waals surface area contributed by atoms with Crippen LogP contribution in [0.1, 0.15) is 236 Å². The van der Waals surface area contributed by atoms with Crippen molar-refractivity contribution in [2.24, 2.45) is 0 Å². The maximum absolute atomic E-state index is 12.7. The summed E-state index contributed by atoms with van der Waals surface area (Å²) in [6, 6.07) is 16.5. The maximum Gasteiger partial charge on any atom is 0.297 e. The van der Waals surface area contributed by atoms with Crippen LogP contribution >= 0.6 is 0 Å². The van der Waals surface area contributed by atoms with Gasteiger partial charge in [0.25, 0.3) is 20.2 Å². The minimum atomic E-state index is -3.94. The fourth-order valence-corrected chi connectivity index (χ4v) is 10.6. The van der Waals surface area contributed by atoms with Crippen molar-refractivity contribution in [1.82, 2.24) is 4.98 Å². The first-order valence-corrected chi connectivity index (χ1v) is 32.5. The van der Waals surface area contributed by atoms with E-state index >= 15 is 0 Å². The second kappa shape index (κ2) is 45.4. The number of aliphatic hydroxyl groups is 1. The molecule has 0 aliphatic heterocycles. The smallest absolute Gasteiger partial charge is 0.297 e. The fourth-order valence-electron chi connectivity index (χ4n) is 8.72. The lowest BCUT2D eigenvalue weighted by molar-refractivity contribution is 0.0122. The number of nitrogens with zero attached hydrogens (tertiary/aromatic N) is 2. The van der Waals surface area contributed by atoms with Gasteiger partial charge < -0.3 is 19.3 Å². The van der Waals surface area contributed by atoms with Crippen molar-refractivity contribution >= 4 is 20.2 Å². The standard InChI is InChI=1S/C34H52N2O5S.C28H50O5S/c1-3-4-5-6-7-8-9-10-11-12-13-14-15-16-17-18-23-39-28-33(41-32-24-31(25-35)26-36-27-32)29-40-42(37,38)34-21-19-30(2)20-22-34;1-3-4-5-6-7-8-9-10-11-12-13-14-15-16-17-18-23-32-24-27(29)25-33-34(30,31)28-21-19-26(2)20-22-28/h19-22,24,26-27,33H,3-18,23,28-29H2,1-2H3;19-22,27,29H,3-18,23-25H2,1-2H3/t33-;27-/m10/s1. The van der Waals surface area contributed by atoms with Gasteiger partial charge in [0.1, 0.15) is 30.6 Å². The minimum absolute atomic E-state index is 0.0855. The topological polar surface area (TPSA) is 171 Å². The molecule has 1 heterocycles. The molecule has 3 rings (SSSR count). The normalized spacial score (nSPS) is 12.5. The number of hydrogen-bond donors (Lipinski definition) is 1. The summed E-state index contributed by atoms with van der Waals surface area (Å²) in [5.74, 6) is 0.362. The Hall–Kier alpha value is -3.42. The highest BCUT2D eigenvalue weighted by Gasteiger charge is 2.21. The van der Waals surface area contributed by atoms with Crippen LogP contribution in [0.4, 0.5) is 0 Å². The first kappa shape index (κ1) is 68.7. The van der Waals surface area contributed by atoms with Gasteiger partial charge in [0.15, 0.2) is 0 Å². The molecule has 2 aromatic carbocycles. The zero-order chi connectivity index (χ0) is 55.2. The molecule has 0 aliphatic carbocycles. The quantitative estimate of drug-likeness (QED) is 0.0420. The minimum Gasteiger partial charge on any atom is -0.484 e. The Kier molecular flexibility index (Phi) is 41.1. The van der Waals surface area contributed by atoms with Crippen molar-refractivity contribution in [3.63, 3.8) is 0 Å². The Morgan fingerprint density at radius 2 is 0.816 bits per heavy atom. The number of aryl methyl sites for hydroxylation is 2. The average molecular weight is 1100 g/mol. The predicted octanol–water partition coefficient (Wildman–Crippen LogP) is 16.0. The van der Waals surface area contributed by atoms with Crippen LogP contribution in [0.15, 0.2) is 76.8 Å². The number of rotatable bonds is 48. The third kappa shape index (κ3) is 36.6. The van der Waals surface area contributed by atoms with E-state index in [0.29, 0.717) is 24.5 Å². The molecular weight excluding hydrogens is 997 g/mol. The molecule has 0 aliphatic rings. The summed E-state index contributed by atoms with van der Waals surface area (Å²) in [4.78, 5) is 4.20. The van der Waals surface area contributed by atoms with Crippen LogP contribution in [0.25, 0.3) is 0 Å². The number of nitriles is 1. The average Bonchev–Trinajstić information content (AvgIpc) is 3.41. The van der Waals surface area contributed by atoms with Crippen LogP contribution in [-0.2, 0) is 38.1 Å². The number of aliphatic hydroxyl groups excluding tert-OH is 1.